The fraction of sp³-hybridized carbons (Fsp3) is 0.236. The van der Waals surface area contributed by atoms with Crippen LogP contribution in [0.1, 0.15) is 61.3 Å². The standard InChI is InChI=1S/C27H22N6O3S.C17H22BN3O3.C11H10BrN3O/c1-32-14-16(12-21(26(32)35)31-23-8-4-5-10-28-23)17-9-11-29-25(20(17)15-34)33-27(36)24-19(13-30-33)18-6-2-3-7-22(18)37-24;1-16(2)17(3,4)24-18(23-16)12-10-13(15(22)21(5)11-12)20-14-8-6-7-9-19-14;1-15-7-8(12)6-9(11(15)16)14-10-4-2-3-5-13-10/h4-5,8-15H,2-3,6-7H2,1H3,(H,28,31);6-11H,1-5H3,(H,19,20);2-7H,1H3,(H,13,14). The summed E-state index contributed by atoms with van der Waals surface area (Å²) in [6.07, 6.45) is 18.1. The van der Waals surface area contributed by atoms with E-state index in [0.717, 1.165) is 41.0 Å². The van der Waals surface area contributed by atoms with Crippen molar-refractivity contribution in [3.8, 4) is 16.9 Å². The molecule has 0 spiro atoms. The summed E-state index contributed by atoms with van der Waals surface area (Å²) in [5, 5.41) is 14.4. The Balaban J connectivity index is 0.000000155. The van der Waals surface area contributed by atoms with Crippen molar-refractivity contribution < 1.29 is 14.1 Å². The summed E-state index contributed by atoms with van der Waals surface area (Å²) in [4.78, 5) is 81.0. The summed E-state index contributed by atoms with van der Waals surface area (Å²) in [6.45, 7) is 8.01. The maximum Gasteiger partial charge on any atom is 0.496 e. The molecule has 0 bridgehead atoms. The maximum atomic E-state index is 13.5. The van der Waals surface area contributed by atoms with Gasteiger partial charge in [0.2, 0.25) is 0 Å². The lowest BCUT2D eigenvalue weighted by atomic mass is 9.80. The number of aryl methyl sites for hydroxylation is 5. The van der Waals surface area contributed by atoms with Gasteiger partial charge in [-0.3, -0.25) is 24.0 Å². The zero-order valence-corrected chi connectivity index (χ0v) is 45.7. The first-order valence-corrected chi connectivity index (χ1v) is 26.2. The SMILES string of the molecule is Cn1cc(-c2ccnc(-n3ncc4c5c(sc4c3=O)CCCC5)c2C=O)cc(Nc2ccccn2)c1=O.Cn1cc(B2OC(C)(C)C(C)(C)O2)cc(Nc2ccccn2)c1=O.Cn1cc(Br)cc(Nc2ccccn2)c1=O. The molecule has 77 heavy (non-hydrogen) atoms. The van der Waals surface area contributed by atoms with E-state index in [1.165, 1.54) is 46.4 Å². The Bertz CT molecular complexity index is 3870. The molecule has 9 aromatic heterocycles. The van der Waals surface area contributed by atoms with Crippen molar-refractivity contribution in [3.63, 3.8) is 0 Å². The van der Waals surface area contributed by atoms with Crippen molar-refractivity contribution in [2.45, 2.75) is 64.6 Å². The van der Waals surface area contributed by atoms with E-state index in [0.29, 0.717) is 56.6 Å². The number of hydrogen-bond donors (Lipinski definition) is 3. The summed E-state index contributed by atoms with van der Waals surface area (Å²) in [7, 11) is 4.53. The fourth-order valence-electron chi connectivity index (χ4n) is 8.67. The number of aldehydes is 1. The third kappa shape index (κ3) is 11.7. The number of pyridine rings is 7. The molecule has 1 aliphatic heterocycles. The van der Waals surface area contributed by atoms with Crippen molar-refractivity contribution in [2.75, 3.05) is 16.0 Å². The number of thiophene rings is 1. The van der Waals surface area contributed by atoms with Crippen LogP contribution >= 0.6 is 27.3 Å². The van der Waals surface area contributed by atoms with Gasteiger partial charge >= 0.3 is 7.12 Å². The molecule has 0 unspecified atom stereocenters. The molecular formula is C55H54BBrN12O7S. The van der Waals surface area contributed by atoms with E-state index in [-0.39, 0.29) is 33.6 Å². The van der Waals surface area contributed by atoms with Crippen LogP contribution in [0.15, 0.2) is 152 Å². The minimum absolute atomic E-state index is 0.0890. The Kier molecular flexibility index (Phi) is 15.7. The smallest absolute Gasteiger partial charge is 0.399 e. The first-order valence-electron chi connectivity index (χ1n) is 24.6. The van der Waals surface area contributed by atoms with Crippen LogP contribution in [-0.2, 0) is 43.3 Å². The first kappa shape index (κ1) is 53.6. The second-order valence-electron chi connectivity index (χ2n) is 19.3. The molecule has 3 N–H and O–H groups in total. The lowest BCUT2D eigenvalue weighted by Crippen LogP contribution is -2.41. The summed E-state index contributed by atoms with van der Waals surface area (Å²) in [5.74, 6) is 1.93. The molecule has 2 aliphatic rings. The number of halogens is 1. The highest BCUT2D eigenvalue weighted by molar-refractivity contribution is 9.10. The van der Waals surface area contributed by atoms with Crippen LogP contribution in [0.4, 0.5) is 34.5 Å². The van der Waals surface area contributed by atoms with Crippen LogP contribution < -0.4 is 43.7 Å². The lowest BCUT2D eigenvalue weighted by molar-refractivity contribution is 0.00578. The van der Waals surface area contributed by atoms with Gasteiger partial charge in [-0.25, -0.2) is 19.9 Å². The van der Waals surface area contributed by atoms with Gasteiger partial charge in [-0.2, -0.15) is 9.78 Å². The molecule has 0 atom stereocenters. The van der Waals surface area contributed by atoms with Crippen LogP contribution in [-0.4, -0.2) is 68.0 Å². The van der Waals surface area contributed by atoms with Crippen molar-refractivity contribution in [3.05, 3.63) is 190 Å². The van der Waals surface area contributed by atoms with Gasteiger partial charge in [0.05, 0.1) is 23.0 Å². The number of aromatic nitrogens is 9. The predicted octanol–water partition coefficient (Wildman–Crippen LogP) is 8.15. The molecule has 0 radical (unpaired) electrons. The largest absolute Gasteiger partial charge is 0.496 e. The molecule has 9 aromatic rings. The van der Waals surface area contributed by atoms with Gasteiger partial charge in [-0.1, -0.05) is 18.2 Å². The highest BCUT2D eigenvalue weighted by Gasteiger charge is 2.52. The first-order chi connectivity index (χ1) is 36.9. The normalized spacial score (nSPS) is 14.1. The summed E-state index contributed by atoms with van der Waals surface area (Å²) in [5.41, 5.74) is 2.95. The topological polar surface area (TPSA) is 224 Å². The molecule has 1 fully saturated rings. The molecule has 1 saturated heterocycles. The molecule has 11 rings (SSSR count). The fourth-order valence-corrected chi connectivity index (χ4v) is 10.5. The van der Waals surface area contributed by atoms with E-state index in [2.05, 4.69) is 56.9 Å². The van der Waals surface area contributed by atoms with Gasteiger partial charge in [0.25, 0.3) is 22.2 Å². The monoisotopic (exact) mass is 1120 g/mol. The summed E-state index contributed by atoms with van der Waals surface area (Å²) >= 11 is 4.85. The highest BCUT2D eigenvalue weighted by Crippen LogP contribution is 2.37. The van der Waals surface area contributed by atoms with Gasteiger partial charge < -0.3 is 39.0 Å². The van der Waals surface area contributed by atoms with Gasteiger partial charge in [0, 0.05) is 90.3 Å². The van der Waals surface area contributed by atoms with E-state index in [1.54, 1.807) is 113 Å². The molecule has 0 aromatic carbocycles. The third-order valence-electron chi connectivity index (χ3n) is 13.3. The molecule has 19 nitrogen and oxygen atoms in total. The Hall–Kier alpha value is -8.18. The average Bonchev–Trinajstić information content (AvgIpc) is 3.96. The summed E-state index contributed by atoms with van der Waals surface area (Å²) < 4.78 is 19.3. The molecule has 1 aliphatic carbocycles. The minimum Gasteiger partial charge on any atom is -0.399 e. The van der Waals surface area contributed by atoms with E-state index < -0.39 is 18.3 Å². The number of fused-ring (bicyclic) bond motifs is 3. The van der Waals surface area contributed by atoms with Gasteiger partial charge in [0.15, 0.2) is 12.1 Å². The van der Waals surface area contributed by atoms with E-state index >= 15 is 0 Å². The molecule has 22 heteroatoms. The van der Waals surface area contributed by atoms with Gasteiger partial charge in [-0.05, 0) is 141 Å². The Morgan fingerprint density at radius 2 is 1.18 bits per heavy atom. The van der Waals surface area contributed by atoms with Crippen molar-refractivity contribution in [2.24, 2.45) is 21.1 Å². The quantitative estimate of drug-likeness (QED) is 0.0868. The lowest BCUT2D eigenvalue weighted by Gasteiger charge is -2.32. The van der Waals surface area contributed by atoms with Gasteiger partial charge in [-0.15, -0.1) is 11.3 Å². The van der Waals surface area contributed by atoms with Crippen LogP contribution in [0.25, 0.3) is 27.0 Å². The van der Waals surface area contributed by atoms with Gasteiger partial charge in [0.1, 0.15) is 39.2 Å². The number of anilines is 6. The van der Waals surface area contributed by atoms with Crippen molar-refractivity contribution >= 4 is 90.7 Å². The van der Waals surface area contributed by atoms with Crippen molar-refractivity contribution in [1.29, 1.82) is 0 Å². The second kappa shape index (κ2) is 22.6. The van der Waals surface area contributed by atoms with E-state index in [4.69, 9.17) is 9.31 Å². The zero-order chi connectivity index (χ0) is 54.6. The molecule has 392 valence electrons. The summed E-state index contributed by atoms with van der Waals surface area (Å²) in [6, 6.07) is 23.2. The predicted molar refractivity (Wildman–Crippen MR) is 305 cm³/mol. The number of rotatable bonds is 10. The number of carbonyl (C=O) groups is 1. The molecular weight excluding hydrogens is 1060 g/mol. The molecule has 0 saturated carbocycles. The molecule has 10 heterocycles. The molecule has 0 amide bonds. The van der Waals surface area contributed by atoms with Crippen LogP contribution in [0.2, 0.25) is 0 Å². The number of nitrogens with zero attached hydrogens (tertiary/aromatic N) is 9. The van der Waals surface area contributed by atoms with E-state index in [1.807, 2.05) is 58.0 Å². The van der Waals surface area contributed by atoms with Crippen molar-refractivity contribution in [1.82, 2.24) is 43.4 Å². The average molecular weight is 1120 g/mol. The Morgan fingerprint density at radius 3 is 1.74 bits per heavy atom. The van der Waals surface area contributed by atoms with Crippen LogP contribution in [0.5, 0.6) is 0 Å². The number of carbonyl (C=O) groups excluding carboxylic acids is 1. The highest BCUT2D eigenvalue weighted by atomic mass is 79.9. The van der Waals surface area contributed by atoms with Crippen LogP contribution in [0, 0.1) is 0 Å². The minimum atomic E-state index is -0.522. The Labute approximate surface area is 454 Å². The number of nitrogens with one attached hydrogen (secondary N) is 3. The Morgan fingerprint density at radius 1 is 0.649 bits per heavy atom. The van der Waals surface area contributed by atoms with Crippen LogP contribution in [0.3, 0.4) is 0 Å². The third-order valence-corrected chi connectivity index (χ3v) is 15.1. The van der Waals surface area contributed by atoms with E-state index in [9.17, 15) is 24.0 Å². The number of hydrogen-bond acceptors (Lipinski definition) is 16. The zero-order valence-electron chi connectivity index (χ0n) is 43.3. The maximum absolute atomic E-state index is 13.5. The second-order valence-corrected chi connectivity index (χ2v) is 21.3.